The van der Waals surface area contributed by atoms with E-state index in [0.717, 1.165) is 17.7 Å². The SMILES string of the molecule is O=[N+]([O-])c1ccc(NC2CCOC(c3ccccc3)C2)c(C(F)(F)F)c1. The van der Waals surface area contributed by atoms with Crippen LogP contribution in [0.25, 0.3) is 0 Å². The highest BCUT2D eigenvalue weighted by atomic mass is 19.4. The van der Waals surface area contributed by atoms with Crippen LogP contribution in [0, 0.1) is 10.1 Å². The van der Waals surface area contributed by atoms with Crippen LogP contribution in [0.2, 0.25) is 0 Å². The van der Waals surface area contributed by atoms with Gasteiger partial charge in [0.15, 0.2) is 0 Å². The van der Waals surface area contributed by atoms with Crippen molar-refractivity contribution >= 4 is 11.4 Å². The standard InChI is InChI=1S/C18H17F3N2O3/c19-18(20,21)15-11-14(23(24)25)6-7-16(15)22-13-8-9-26-17(10-13)12-4-2-1-3-5-12/h1-7,11,13,17,22H,8-10H2. The fourth-order valence-electron chi connectivity index (χ4n) is 3.05. The van der Waals surface area contributed by atoms with Gasteiger partial charge in [-0.15, -0.1) is 0 Å². The summed E-state index contributed by atoms with van der Waals surface area (Å²) in [5, 5.41) is 13.7. The molecule has 2 unspecified atom stereocenters. The highest BCUT2D eigenvalue weighted by molar-refractivity contribution is 5.58. The maximum absolute atomic E-state index is 13.3. The van der Waals surface area contributed by atoms with Gasteiger partial charge in [0, 0.05) is 30.5 Å². The third-order valence-electron chi connectivity index (χ3n) is 4.33. The van der Waals surface area contributed by atoms with Crippen molar-refractivity contribution in [2.24, 2.45) is 0 Å². The fraction of sp³-hybridized carbons (Fsp3) is 0.333. The molecule has 1 fully saturated rings. The third-order valence-corrected chi connectivity index (χ3v) is 4.33. The summed E-state index contributed by atoms with van der Waals surface area (Å²) in [7, 11) is 0. The lowest BCUT2D eigenvalue weighted by Gasteiger charge is -2.31. The van der Waals surface area contributed by atoms with E-state index in [2.05, 4.69) is 5.32 Å². The molecule has 1 heterocycles. The van der Waals surface area contributed by atoms with Crippen molar-refractivity contribution in [3.8, 4) is 0 Å². The van der Waals surface area contributed by atoms with Gasteiger partial charge in [0.2, 0.25) is 0 Å². The molecule has 0 aliphatic carbocycles. The number of rotatable bonds is 4. The topological polar surface area (TPSA) is 64.4 Å². The van der Waals surface area contributed by atoms with Crippen molar-refractivity contribution in [1.82, 2.24) is 0 Å². The Morgan fingerprint density at radius 1 is 1.15 bits per heavy atom. The monoisotopic (exact) mass is 366 g/mol. The molecule has 2 aromatic carbocycles. The Bertz CT molecular complexity index is 781. The zero-order valence-electron chi connectivity index (χ0n) is 13.7. The highest BCUT2D eigenvalue weighted by Gasteiger charge is 2.36. The molecule has 138 valence electrons. The number of nitro benzene ring substituents is 1. The molecule has 3 rings (SSSR count). The second kappa shape index (κ2) is 7.33. The van der Waals surface area contributed by atoms with E-state index in [1.54, 1.807) is 0 Å². The third kappa shape index (κ3) is 4.13. The molecule has 26 heavy (non-hydrogen) atoms. The van der Waals surface area contributed by atoms with Crippen molar-refractivity contribution in [2.75, 3.05) is 11.9 Å². The average Bonchev–Trinajstić information content (AvgIpc) is 2.62. The quantitative estimate of drug-likeness (QED) is 0.614. The second-order valence-electron chi connectivity index (χ2n) is 6.12. The lowest BCUT2D eigenvalue weighted by atomic mass is 9.97. The average molecular weight is 366 g/mol. The van der Waals surface area contributed by atoms with Gasteiger partial charge in [0.1, 0.15) is 0 Å². The van der Waals surface area contributed by atoms with Gasteiger partial charge in [-0.25, -0.2) is 0 Å². The molecule has 0 amide bonds. The number of nitro groups is 1. The summed E-state index contributed by atoms with van der Waals surface area (Å²) in [4.78, 5) is 9.95. The molecule has 1 aliphatic rings. The molecule has 1 aliphatic heterocycles. The summed E-state index contributed by atoms with van der Waals surface area (Å²) in [5.41, 5.74) is -0.799. The number of benzene rings is 2. The van der Waals surface area contributed by atoms with E-state index in [0.29, 0.717) is 25.5 Å². The summed E-state index contributed by atoms with van der Waals surface area (Å²) in [6, 6.07) is 12.0. The molecule has 2 aromatic rings. The van der Waals surface area contributed by atoms with Gasteiger partial charge < -0.3 is 10.1 Å². The Morgan fingerprint density at radius 3 is 2.54 bits per heavy atom. The van der Waals surface area contributed by atoms with Crippen molar-refractivity contribution in [3.63, 3.8) is 0 Å². The molecule has 2 atom stereocenters. The summed E-state index contributed by atoms with van der Waals surface area (Å²) in [5.74, 6) is 0. The Morgan fingerprint density at radius 2 is 1.88 bits per heavy atom. The van der Waals surface area contributed by atoms with Crippen LogP contribution in [0.4, 0.5) is 24.5 Å². The van der Waals surface area contributed by atoms with Gasteiger partial charge in [-0.2, -0.15) is 13.2 Å². The van der Waals surface area contributed by atoms with Crippen LogP contribution in [0.15, 0.2) is 48.5 Å². The molecule has 0 bridgehead atoms. The molecule has 1 N–H and O–H groups in total. The molecule has 5 nitrogen and oxygen atoms in total. The smallest absolute Gasteiger partial charge is 0.382 e. The normalized spacial score (nSPS) is 20.6. The first-order valence-electron chi connectivity index (χ1n) is 8.13. The number of halogens is 3. The lowest BCUT2D eigenvalue weighted by molar-refractivity contribution is -0.385. The summed E-state index contributed by atoms with van der Waals surface area (Å²) >= 11 is 0. The molecular formula is C18H17F3N2O3. The van der Waals surface area contributed by atoms with E-state index in [1.807, 2.05) is 30.3 Å². The fourth-order valence-corrected chi connectivity index (χ4v) is 3.05. The first kappa shape index (κ1) is 18.2. The summed E-state index contributed by atoms with van der Waals surface area (Å²) in [6.45, 7) is 0.422. The number of anilines is 1. The molecule has 0 radical (unpaired) electrons. The minimum Gasteiger partial charge on any atom is -0.382 e. The molecule has 0 spiro atoms. The van der Waals surface area contributed by atoms with E-state index in [9.17, 15) is 23.3 Å². The predicted molar refractivity (Wildman–Crippen MR) is 89.9 cm³/mol. The number of non-ortho nitro benzene ring substituents is 1. The maximum atomic E-state index is 13.3. The molecule has 0 saturated carbocycles. The van der Waals surface area contributed by atoms with Crippen molar-refractivity contribution < 1.29 is 22.8 Å². The van der Waals surface area contributed by atoms with E-state index < -0.39 is 22.4 Å². The Kier molecular flexibility index (Phi) is 5.13. The van der Waals surface area contributed by atoms with Gasteiger partial charge in [-0.05, 0) is 24.5 Å². The van der Waals surface area contributed by atoms with Gasteiger partial charge >= 0.3 is 6.18 Å². The molecular weight excluding hydrogens is 349 g/mol. The van der Waals surface area contributed by atoms with E-state index >= 15 is 0 Å². The number of nitrogens with one attached hydrogen (secondary N) is 1. The van der Waals surface area contributed by atoms with Crippen LogP contribution in [0.5, 0.6) is 0 Å². The van der Waals surface area contributed by atoms with Crippen molar-refractivity contribution in [2.45, 2.75) is 31.2 Å². The van der Waals surface area contributed by atoms with Gasteiger partial charge in [-0.1, -0.05) is 30.3 Å². The maximum Gasteiger partial charge on any atom is 0.418 e. The summed E-state index contributed by atoms with van der Waals surface area (Å²) in [6.07, 6.45) is -3.82. The number of ether oxygens (including phenoxy) is 1. The molecule has 0 aromatic heterocycles. The minimum absolute atomic E-state index is 0.151. The first-order valence-corrected chi connectivity index (χ1v) is 8.13. The van der Waals surface area contributed by atoms with Crippen LogP contribution in [-0.2, 0) is 10.9 Å². The number of hydrogen-bond acceptors (Lipinski definition) is 4. The van der Waals surface area contributed by atoms with Crippen molar-refractivity contribution in [3.05, 3.63) is 69.8 Å². The second-order valence-corrected chi connectivity index (χ2v) is 6.12. The van der Waals surface area contributed by atoms with Crippen LogP contribution < -0.4 is 5.32 Å². The summed E-state index contributed by atoms with van der Waals surface area (Å²) < 4.78 is 45.6. The predicted octanol–water partition coefficient (Wildman–Crippen LogP) is 4.95. The van der Waals surface area contributed by atoms with E-state index in [1.165, 1.54) is 0 Å². The van der Waals surface area contributed by atoms with E-state index in [4.69, 9.17) is 4.74 Å². The van der Waals surface area contributed by atoms with Gasteiger partial charge in [0.25, 0.3) is 5.69 Å². The Balaban J connectivity index is 1.81. The zero-order valence-corrected chi connectivity index (χ0v) is 13.7. The van der Waals surface area contributed by atoms with Crippen LogP contribution in [0.3, 0.4) is 0 Å². The molecule has 8 heteroatoms. The Labute approximate surface area is 147 Å². The lowest BCUT2D eigenvalue weighted by Crippen LogP contribution is -2.31. The number of alkyl halides is 3. The van der Waals surface area contributed by atoms with Gasteiger partial charge in [0.05, 0.1) is 16.6 Å². The number of hydrogen-bond donors (Lipinski definition) is 1. The van der Waals surface area contributed by atoms with Gasteiger partial charge in [-0.3, -0.25) is 10.1 Å². The molecule has 1 saturated heterocycles. The minimum atomic E-state index is -4.68. The highest BCUT2D eigenvalue weighted by Crippen LogP contribution is 2.38. The van der Waals surface area contributed by atoms with Crippen molar-refractivity contribution in [1.29, 1.82) is 0 Å². The largest absolute Gasteiger partial charge is 0.418 e. The van der Waals surface area contributed by atoms with Crippen LogP contribution in [-0.4, -0.2) is 17.6 Å². The number of nitrogens with zero attached hydrogens (tertiary/aromatic N) is 1. The Hall–Kier alpha value is -2.61. The van der Waals surface area contributed by atoms with E-state index in [-0.39, 0.29) is 17.8 Å². The zero-order chi connectivity index (χ0) is 18.7. The first-order chi connectivity index (χ1) is 12.3. The van der Waals surface area contributed by atoms with Crippen LogP contribution in [0.1, 0.15) is 30.1 Å². The van der Waals surface area contributed by atoms with Crippen LogP contribution >= 0.6 is 0 Å².